The Hall–Kier alpha value is -3.33. The lowest BCUT2D eigenvalue weighted by molar-refractivity contribution is 0.395. The van der Waals surface area contributed by atoms with E-state index in [1.54, 1.807) is 51.7 Å². The number of methoxy groups -OCH3 is 3. The van der Waals surface area contributed by atoms with Crippen LogP contribution in [0.4, 0.5) is 0 Å². The molecule has 8 nitrogen and oxygen atoms in total. The second kappa shape index (κ2) is 7.92. The zero-order valence-electron chi connectivity index (χ0n) is 15.0. The van der Waals surface area contributed by atoms with Crippen LogP contribution in [0.5, 0.6) is 23.0 Å². The molecule has 0 aliphatic carbocycles. The molecule has 0 bridgehead atoms. The summed E-state index contributed by atoms with van der Waals surface area (Å²) in [6.07, 6.45) is 1.47. The molecule has 9 heteroatoms. The SMILES string of the molecule is COc1ccc(O)c(/C=N/n2c(-c3ccc(OC)cc3OC)n[nH]c2=S)c1. The molecule has 0 saturated heterocycles. The Bertz CT molecular complexity index is 1040. The maximum Gasteiger partial charge on any atom is 0.216 e. The molecule has 0 aliphatic heterocycles. The molecule has 0 aliphatic rings. The lowest BCUT2D eigenvalue weighted by Gasteiger charge is -2.09. The van der Waals surface area contributed by atoms with Crippen molar-refractivity contribution in [1.82, 2.24) is 14.9 Å². The fraction of sp³-hybridized carbons (Fsp3) is 0.167. The molecule has 27 heavy (non-hydrogen) atoms. The van der Waals surface area contributed by atoms with Crippen LogP contribution in [0.2, 0.25) is 0 Å². The van der Waals surface area contributed by atoms with E-state index in [1.807, 2.05) is 0 Å². The number of aromatic hydroxyl groups is 1. The highest BCUT2D eigenvalue weighted by Crippen LogP contribution is 2.32. The molecule has 0 atom stereocenters. The molecule has 0 radical (unpaired) electrons. The van der Waals surface area contributed by atoms with E-state index in [9.17, 15) is 5.11 Å². The summed E-state index contributed by atoms with van der Waals surface area (Å²) < 4.78 is 17.6. The quantitative estimate of drug-likeness (QED) is 0.499. The Morgan fingerprint density at radius 1 is 1.07 bits per heavy atom. The minimum absolute atomic E-state index is 0.0677. The number of nitrogens with one attached hydrogen (secondary N) is 1. The molecule has 0 saturated carbocycles. The van der Waals surface area contributed by atoms with Crippen molar-refractivity contribution < 1.29 is 19.3 Å². The smallest absolute Gasteiger partial charge is 0.216 e. The van der Waals surface area contributed by atoms with Crippen molar-refractivity contribution >= 4 is 18.4 Å². The van der Waals surface area contributed by atoms with E-state index in [1.165, 1.54) is 17.0 Å². The van der Waals surface area contributed by atoms with Gasteiger partial charge in [-0.3, -0.25) is 0 Å². The van der Waals surface area contributed by atoms with Gasteiger partial charge in [-0.1, -0.05) is 0 Å². The Labute approximate surface area is 160 Å². The standard InChI is InChI=1S/C18H18N4O4S/c1-24-12-5-7-15(23)11(8-12)10-19-22-17(20-21-18(22)27)14-6-4-13(25-2)9-16(14)26-3/h4-10,23H,1-3H3,(H,21,27)/b19-10+. The number of phenolic OH excluding ortho intramolecular Hbond substituents is 1. The van der Waals surface area contributed by atoms with Crippen molar-refractivity contribution in [2.24, 2.45) is 5.10 Å². The number of ether oxygens (including phenoxy) is 3. The topological polar surface area (TPSA) is 93.9 Å². The summed E-state index contributed by atoms with van der Waals surface area (Å²) in [6.45, 7) is 0. The second-order valence-corrected chi connectivity index (χ2v) is 5.79. The first kappa shape index (κ1) is 18.5. The van der Waals surface area contributed by atoms with Gasteiger partial charge >= 0.3 is 0 Å². The first-order chi connectivity index (χ1) is 13.1. The first-order valence-electron chi connectivity index (χ1n) is 7.88. The molecule has 0 fully saturated rings. The molecule has 0 spiro atoms. The lowest BCUT2D eigenvalue weighted by Crippen LogP contribution is -1.98. The van der Waals surface area contributed by atoms with Crippen molar-refractivity contribution in [2.75, 3.05) is 21.3 Å². The van der Waals surface area contributed by atoms with Gasteiger partial charge in [-0.05, 0) is 42.5 Å². The van der Waals surface area contributed by atoms with E-state index in [4.69, 9.17) is 26.4 Å². The van der Waals surface area contributed by atoms with Crippen molar-refractivity contribution in [2.45, 2.75) is 0 Å². The third-order valence-corrected chi connectivity index (χ3v) is 4.11. The summed E-state index contributed by atoms with van der Waals surface area (Å²) in [5.74, 6) is 2.34. The van der Waals surface area contributed by atoms with E-state index in [0.29, 0.717) is 39.0 Å². The number of aromatic amines is 1. The van der Waals surface area contributed by atoms with Crippen LogP contribution in [0.1, 0.15) is 5.56 Å². The van der Waals surface area contributed by atoms with Gasteiger partial charge in [0.1, 0.15) is 23.0 Å². The molecule has 0 unspecified atom stereocenters. The number of H-pyrrole nitrogens is 1. The fourth-order valence-electron chi connectivity index (χ4n) is 2.44. The van der Waals surface area contributed by atoms with Crippen molar-refractivity contribution in [3.63, 3.8) is 0 Å². The minimum Gasteiger partial charge on any atom is -0.507 e. The molecule has 3 aromatic rings. The zero-order chi connectivity index (χ0) is 19.4. The van der Waals surface area contributed by atoms with E-state index in [-0.39, 0.29) is 5.75 Å². The number of benzene rings is 2. The van der Waals surface area contributed by atoms with E-state index < -0.39 is 0 Å². The van der Waals surface area contributed by atoms with Crippen LogP contribution in [0.15, 0.2) is 41.5 Å². The van der Waals surface area contributed by atoms with Gasteiger partial charge in [0.15, 0.2) is 5.82 Å². The monoisotopic (exact) mass is 386 g/mol. The van der Waals surface area contributed by atoms with Crippen LogP contribution >= 0.6 is 12.2 Å². The largest absolute Gasteiger partial charge is 0.507 e. The van der Waals surface area contributed by atoms with Gasteiger partial charge in [0.2, 0.25) is 4.77 Å². The molecule has 2 aromatic carbocycles. The Morgan fingerprint density at radius 2 is 1.78 bits per heavy atom. The van der Waals surface area contributed by atoms with E-state index >= 15 is 0 Å². The average Bonchev–Trinajstić information content (AvgIpc) is 3.07. The maximum atomic E-state index is 10.0. The predicted molar refractivity (Wildman–Crippen MR) is 104 cm³/mol. The van der Waals surface area contributed by atoms with Crippen molar-refractivity contribution in [3.05, 3.63) is 46.7 Å². The van der Waals surface area contributed by atoms with Gasteiger partial charge in [-0.2, -0.15) is 14.9 Å². The summed E-state index contributed by atoms with van der Waals surface area (Å²) in [5, 5.41) is 21.3. The predicted octanol–water partition coefficient (Wildman–Crippen LogP) is 3.22. The van der Waals surface area contributed by atoms with Gasteiger partial charge in [0.25, 0.3) is 0 Å². The number of phenols is 1. The number of hydrogen-bond acceptors (Lipinski definition) is 7. The zero-order valence-corrected chi connectivity index (χ0v) is 15.8. The molecule has 140 valence electrons. The molecule has 1 aromatic heterocycles. The molecular weight excluding hydrogens is 368 g/mol. The number of nitrogens with zero attached hydrogens (tertiary/aromatic N) is 3. The molecule has 1 heterocycles. The molecule has 0 amide bonds. The molecular formula is C18H18N4O4S. The van der Waals surface area contributed by atoms with Crippen LogP contribution in [0, 0.1) is 4.77 Å². The summed E-state index contributed by atoms with van der Waals surface area (Å²) in [6, 6.07) is 10.2. The van der Waals surface area contributed by atoms with Crippen LogP contribution in [0.25, 0.3) is 11.4 Å². The van der Waals surface area contributed by atoms with Gasteiger partial charge in [-0.25, -0.2) is 5.10 Å². The fourth-order valence-corrected chi connectivity index (χ4v) is 2.62. The Kier molecular flexibility index (Phi) is 5.41. The second-order valence-electron chi connectivity index (χ2n) is 5.40. The van der Waals surface area contributed by atoms with Crippen LogP contribution in [0.3, 0.4) is 0 Å². The number of rotatable bonds is 6. The maximum absolute atomic E-state index is 10.0. The van der Waals surface area contributed by atoms with Crippen LogP contribution in [-0.2, 0) is 0 Å². The third kappa shape index (κ3) is 3.77. The van der Waals surface area contributed by atoms with Crippen molar-refractivity contribution in [1.29, 1.82) is 0 Å². The Morgan fingerprint density at radius 3 is 2.48 bits per heavy atom. The van der Waals surface area contributed by atoms with Gasteiger partial charge in [0.05, 0.1) is 33.1 Å². The average molecular weight is 386 g/mol. The molecule has 3 rings (SSSR count). The Balaban J connectivity index is 2.05. The van der Waals surface area contributed by atoms with Crippen molar-refractivity contribution in [3.8, 4) is 34.4 Å². The third-order valence-electron chi connectivity index (χ3n) is 3.85. The lowest BCUT2D eigenvalue weighted by atomic mass is 10.2. The van der Waals surface area contributed by atoms with E-state index in [2.05, 4.69) is 15.3 Å². The highest BCUT2D eigenvalue weighted by atomic mass is 32.1. The van der Waals surface area contributed by atoms with Gasteiger partial charge in [-0.15, -0.1) is 0 Å². The first-order valence-corrected chi connectivity index (χ1v) is 8.29. The highest BCUT2D eigenvalue weighted by molar-refractivity contribution is 7.71. The summed E-state index contributed by atoms with van der Waals surface area (Å²) in [7, 11) is 4.68. The summed E-state index contributed by atoms with van der Waals surface area (Å²) in [5.41, 5.74) is 1.16. The molecule has 2 N–H and O–H groups in total. The van der Waals surface area contributed by atoms with Crippen LogP contribution in [-0.4, -0.2) is 47.5 Å². The number of hydrogen-bond donors (Lipinski definition) is 2. The van der Waals surface area contributed by atoms with Gasteiger partial charge < -0.3 is 19.3 Å². The van der Waals surface area contributed by atoms with Crippen LogP contribution < -0.4 is 14.2 Å². The minimum atomic E-state index is 0.0677. The normalized spacial score (nSPS) is 10.9. The van der Waals surface area contributed by atoms with E-state index in [0.717, 1.165) is 0 Å². The highest BCUT2D eigenvalue weighted by Gasteiger charge is 2.14. The summed E-state index contributed by atoms with van der Waals surface area (Å²) >= 11 is 5.28. The van der Waals surface area contributed by atoms with Gasteiger partial charge in [0, 0.05) is 11.6 Å². The summed E-state index contributed by atoms with van der Waals surface area (Å²) in [4.78, 5) is 0. The number of aromatic nitrogens is 3.